The molecule has 0 saturated carbocycles. The highest BCUT2D eigenvalue weighted by Crippen LogP contribution is 2.22. The van der Waals surface area contributed by atoms with Crippen LogP contribution in [0.1, 0.15) is 23.2 Å². The van der Waals surface area contributed by atoms with Gasteiger partial charge >= 0.3 is 0 Å². The monoisotopic (exact) mass is 285 g/mol. The molecule has 1 aliphatic heterocycles. The normalized spacial score (nSPS) is 17.8. The van der Waals surface area contributed by atoms with Gasteiger partial charge in [0.05, 0.1) is 11.2 Å². The third kappa shape index (κ3) is 3.32. The van der Waals surface area contributed by atoms with Crippen LogP contribution in [0.3, 0.4) is 0 Å². The van der Waals surface area contributed by atoms with E-state index in [0.29, 0.717) is 26.1 Å². The minimum absolute atomic E-state index is 0.0607. The molecular weight excluding hydrogens is 268 g/mol. The maximum Gasteiger partial charge on any atom is 0.256 e. The quantitative estimate of drug-likeness (QED) is 0.917. The minimum Gasteiger partial charge on any atom is -0.388 e. The number of hydrogen-bond donors (Lipinski definition) is 1. The maximum absolute atomic E-state index is 13.6. The van der Waals surface area contributed by atoms with Gasteiger partial charge in [0.1, 0.15) is 11.6 Å². The molecule has 20 heavy (non-hydrogen) atoms. The fraction of sp³-hybridized carbons (Fsp3) is 0.500. The lowest BCUT2D eigenvalue weighted by atomic mass is 9.93. The molecule has 1 aliphatic rings. The largest absolute Gasteiger partial charge is 0.388 e. The summed E-state index contributed by atoms with van der Waals surface area (Å²) in [6.07, 6.45) is 0.826. The Kier molecular flexibility index (Phi) is 4.35. The molecule has 1 heterocycles. The first-order valence-corrected chi connectivity index (χ1v) is 6.42. The first kappa shape index (κ1) is 14.9. The lowest BCUT2D eigenvalue weighted by Crippen LogP contribution is -2.47. The van der Waals surface area contributed by atoms with E-state index in [4.69, 9.17) is 4.74 Å². The molecule has 0 radical (unpaired) electrons. The van der Waals surface area contributed by atoms with Crippen LogP contribution in [0.4, 0.5) is 8.78 Å². The van der Waals surface area contributed by atoms with Gasteiger partial charge < -0.3 is 14.7 Å². The van der Waals surface area contributed by atoms with Crippen LogP contribution >= 0.6 is 0 Å². The van der Waals surface area contributed by atoms with Gasteiger partial charge in [0.2, 0.25) is 0 Å². The molecule has 4 nitrogen and oxygen atoms in total. The molecule has 1 fully saturated rings. The molecule has 1 amide bonds. The number of nitrogens with zero attached hydrogens (tertiary/aromatic N) is 1. The van der Waals surface area contributed by atoms with Crippen molar-refractivity contribution in [3.63, 3.8) is 0 Å². The number of rotatable bonds is 3. The number of carbonyl (C=O) groups excluding carboxylic acids is 1. The zero-order valence-corrected chi connectivity index (χ0v) is 11.2. The van der Waals surface area contributed by atoms with Crippen molar-refractivity contribution in [1.82, 2.24) is 4.90 Å². The zero-order valence-electron chi connectivity index (χ0n) is 11.2. The molecule has 0 atom stereocenters. The van der Waals surface area contributed by atoms with Gasteiger partial charge in [-0.1, -0.05) is 0 Å². The standard InChI is InChI=1S/C14H17F2NO3/c1-17(9-14(19)4-6-20-7-5-14)13(18)11-8-10(15)2-3-12(11)16/h2-3,8,19H,4-7,9H2,1H3. The third-order valence-corrected chi connectivity index (χ3v) is 3.46. The van der Waals surface area contributed by atoms with E-state index in [-0.39, 0.29) is 12.1 Å². The van der Waals surface area contributed by atoms with Crippen molar-refractivity contribution in [3.05, 3.63) is 35.4 Å². The van der Waals surface area contributed by atoms with Gasteiger partial charge in [0.25, 0.3) is 5.91 Å². The highest BCUT2D eigenvalue weighted by molar-refractivity contribution is 5.94. The molecular formula is C14H17F2NO3. The lowest BCUT2D eigenvalue weighted by Gasteiger charge is -2.35. The van der Waals surface area contributed by atoms with Crippen molar-refractivity contribution >= 4 is 5.91 Å². The van der Waals surface area contributed by atoms with Crippen LogP contribution in [0.15, 0.2) is 18.2 Å². The summed E-state index contributed by atoms with van der Waals surface area (Å²) in [5.41, 5.74) is -1.37. The summed E-state index contributed by atoms with van der Waals surface area (Å²) < 4.78 is 31.8. The molecule has 110 valence electrons. The summed E-state index contributed by atoms with van der Waals surface area (Å²) in [6.45, 7) is 0.908. The molecule has 0 aromatic heterocycles. The Bertz CT molecular complexity index is 501. The number of benzene rings is 1. The van der Waals surface area contributed by atoms with Crippen molar-refractivity contribution in [2.75, 3.05) is 26.8 Å². The second kappa shape index (κ2) is 5.85. The number of carbonyl (C=O) groups is 1. The van der Waals surface area contributed by atoms with Gasteiger partial charge in [-0.05, 0) is 18.2 Å². The predicted molar refractivity (Wildman–Crippen MR) is 68.3 cm³/mol. The molecule has 0 aliphatic carbocycles. The highest BCUT2D eigenvalue weighted by atomic mass is 19.1. The Morgan fingerprint density at radius 3 is 2.70 bits per heavy atom. The number of hydrogen-bond acceptors (Lipinski definition) is 3. The van der Waals surface area contributed by atoms with E-state index in [1.165, 1.54) is 11.9 Å². The highest BCUT2D eigenvalue weighted by Gasteiger charge is 2.33. The van der Waals surface area contributed by atoms with Gasteiger partial charge in [-0.3, -0.25) is 4.79 Å². The molecule has 1 saturated heterocycles. The second-order valence-electron chi connectivity index (χ2n) is 5.12. The Morgan fingerprint density at radius 1 is 1.40 bits per heavy atom. The van der Waals surface area contributed by atoms with Gasteiger partial charge in [-0.25, -0.2) is 8.78 Å². The van der Waals surface area contributed by atoms with Crippen LogP contribution in [0.25, 0.3) is 0 Å². The van der Waals surface area contributed by atoms with Crippen molar-refractivity contribution in [2.45, 2.75) is 18.4 Å². The van der Waals surface area contributed by atoms with E-state index < -0.39 is 23.1 Å². The van der Waals surface area contributed by atoms with Crippen molar-refractivity contribution < 1.29 is 23.4 Å². The Balaban J connectivity index is 2.10. The summed E-state index contributed by atoms with van der Waals surface area (Å²) >= 11 is 0. The van der Waals surface area contributed by atoms with Crippen LogP contribution in [0, 0.1) is 11.6 Å². The lowest BCUT2D eigenvalue weighted by molar-refractivity contribution is -0.0734. The van der Waals surface area contributed by atoms with Crippen LogP contribution in [-0.4, -0.2) is 48.3 Å². The topological polar surface area (TPSA) is 49.8 Å². The SMILES string of the molecule is CN(CC1(O)CCOCC1)C(=O)c1cc(F)ccc1F. The fourth-order valence-electron chi connectivity index (χ4n) is 2.29. The molecule has 1 aromatic carbocycles. The van der Waals surface area contributed by atoms with E-state index >= 15 is 0 Å². The first-order valence-electron chi connectivity index (χ1n) is 6.42. The smallest absolute Gasteiger partial charge is 0.256 e. The molecule has 1 N–H and O–H groups in total. The molecule has 0 spiro atoms. The van der Waals surface area contributed by atoms with Gasteiger partial charge in [0, 0.05) is 39.6 Å². The molecule has 2 rings (SSSR count). The maximum atomic E-state index is 13.6. The zero-order chi connectivity index (χ0) is 14.8. The second-order valence-corrected chi connectivity index (χ2v) is 5.12. The average Bonchev–Trinajstić information content (AvgIpc) is 2.41. The van der Waals surface area contributed by atoms with Gasteiger partial charge in [0.15, 0.2) is 0 Å². The van der Waals surface area contributed by atoms with E-state index in [1.54, 1.807) is 0 Å². The Labute approximate surface area is 116 Å². The van der Waals surface area contributed by atoms with Gasteiger partial charge in [-0.2, -0.15) is 0 Å². The fourth-order valence-corrected chi connectivity index (χ4v) is 2.29. The van der Waals surface area contributed by atoms with Crippen LogP contribution in [-0.2, 0) is 4.74 Å². The minimum atomic E-state index is -1.04. The summed E-state index contributed by atoms with van der Waals surface area (Å²) in [5, 5.41) is 10.3. The molecule has 0 bridgehead atoms. The summed E-state index contributed by atoms with van der Waals surface area (Å²) in [7, 11) is 1.46. The van der Waals surface area contributed by atoms with Crippen molar-refractivity contribution in [2.24, 2.45) is 0 Å². The van der Waals surface area contributed by atoms with Crippen LogP contribution in [0.5, 0.6) is 0 Å². The average molecular weight is 285 g/mol. The van der Waals surface area contributed by atoms with Crippen molar-refractivity contribution in [3.8, 4) is 0 Å². The Morgan fingerprint density at radius 2 is 2.05 bits per heavy atom. The first-order chi connectivity index (χ1) is 9.41. The number of ether oxygens (including phenoxy) is 1. The number of halogens is 2. The van der Waals surface area contributed by atoms with Crippen LogP contribution in [0.2, 0.25) is 0 Å². The molecule has 1 aromatic rings. The number of aliphatic hydroxyl groups is 1. The summed E-state index contributed by atoms with van der Waals surface area (Å²) in [4.78, 5) is 13.3. The van der Waals surface area contributed by atoms with Crippen molar-refractivity contribution in [1.29, 1.82) is 0 Å². The van der Waals surface area contributed by atoms with E-state index in [0.717, 1.165) is 18.2 Å². The van der Waals surface area contributed by atoms with Crippen LogP contribution < -0.4 is 0 Å². The summed E-state index contributed by atoms with van der Waals surface area (Å²) in [6, 6.07) is 2.74. The third-order valence-electron chi connectivity index (χ3n) is 3.46. The summed E-state index contributed by atoms with van der Waals surface area (Å²) in [5.74, 6) is -2.10. The van der Waals surface area contributed by atoms with Gasteiger partial charge in [-0.15, -0.1) is 0 Å². The van der Waals surface area contributed by atoms with E-state index in [2.05, 4.69) is 0 Å². The Hall–Kier alpha value is -1.53. The number of amides is 1. The number of likely N-dealkylation sites (N-methyl/N-ethyl adjacent to an activating group) is 1. The predicted octanol–water partition coefficient (Wildman–Crippen LogP) is 1.58. The molecule has 0 unspecified atom stereocenters. The molecule has 6 heteroatoms. The van der Waals surface area contributed by atoms with E-state index in [1.807, 2.05) is 0 Å². The van der Waals surface area contributed by atoms with E-state index in [9.17, 15) is 18.7 Å².